The fourth-order valence-electron chi connectivity index (χ4n) is 3.57. The molecule has 0 N–H and O–H groups in total. The Morgan fingerprint density at radius 2 is 1.87 bits per heavy atom. The van der Waals surface area contributed by atoms with Gasteiger partial charge in [0.1, 0.15) is 22.3 Å². The highest BCUT2D eigenvalue weighted by Crippen LogP contribution is 2.36. The van der Waals surface area contributed by atoms with Gasteiger partial charge in [-0.25, -0.2) is 13.8 Å². The van der Waals surface area contributed by atoms with Gasteiger partial charge in [-0.1, -0.05) is 24.3 Å². The number of aryl methyl sites for hydroxylation is 1. The molecule has 4 nitrogen and oxygen atoms in total. The van der Waals surface area contributed by atoms with E-state index < -0.39 is 0 Å². The first kappa shape index (κ1) is 20.4. The zero-order valence-corrected chi connectivity index (χ0v) is 17.4. The van der Waals surface area contributed by atoms with Gasteiger partial charge in [0, 0.05) is 24.0 Å². The molecule has 2 aromatic heterocycles. The highest BCUT2D eigenvalue weighted by molar-refractivity contribution is 7.19. The van der Waals surface area contributed by atoms with Crippen molar-refractivity contribution in [3.8, 4) is 11.1 Å². The van der Waals surface area contributed by atoms with Gasteiger partial charge in [0.2, 0.25) is 0 Å². The summed E-state index contributed by atoms with van der Waals surface area (Å²) in [4.78, 5) is 19.9. The molecule has 0 bridgehead atoms. The molecule has 30 heavy (non-hydrogen) atoms. The van der Waals surface area contributed by atoms with Gasteiger partial charge in [0.05, 0.1) is 18.5 Å². The molecule has 154 valence electrons. The summed E-state index contributed by atoms with van der Waals surface area (Å²) in [5.41, 5.74) is 2.01. The maximum Gasteiger partial charge on any atom is 0.263 e. The summed E-state index contributed by atoms with van der Waals surface area (Å²) in [5, 5.41) is 0.502. The Balaban J connectivity index is 1.93. The fraction of sp³-hybridized carbons (Fsp3) is 0.217. The maximum absolute atomic E-state index is 13.7. The summed E-state index contributed by atoms with van der Waals surface area (Å²) in [7, 11) is 1.59. The van der Waals surface area contributed by atoms with Crippen LogP contribution in [-0.2, 0) is 17.7 Å². The monoisotopic (exact) mass is 426 g/mol. The normalized spacial score (nSPS) is 11.3. The van der Waals surface area contributed by atoms with Crippen LogP contribution >= 0.6 is 11.3 Å². The SMILES string of the molecule is COCCc1nc2sc(C)c(-c3ccc(F)cc3)c2c(=O)n1Cc1cccc(F)c1. The second kappa shape index (κ2) is 8.45. The third-order valence-corrected chi connectivity index (χ3v) is 5.96. The fourth-order valence-corrected chi connectivity index (χ4v) is 4.62. The Bertz CT molecular complexity index is 1260. The lowest BCUT2D eigenvalue weighted by atomic mass is 10.0. The minimum atomic E-state index is -0.355. The molecule has 2 aromatic carbocycles. The first-order valence-corrected chi connectivity index (χ1v) is 10.3. The molecular weight excluding hydrogens is 406 g/mol. The van der Waals surface area contributed by atoms with Gasteiger partial charge in [-0.05, 0) is 42.3 Å². The minimum absolute atomic E-state index is 0.195. The van der Waals surface area contributed by atoms with Crippen molar-refractivity contribution in [1.82, 2.24) is 9.55 Å². The van der Waals surface area contributed by atoms with Gasteiger partial charge in [-0.15, -0.1) is 11.3 Å². The summed E-state index contributed by atoms with van der Waals surface area (Å²) < 4.78 is 33.9. The van der Waals surface area contributed by atoms with Crippen molar-refractivity contribution in [3.63, 3.8) is 0 Å². The Labute approximate surface area is 176 Å². The summed E-state index contributed by atoms with van der Waals surface area (Å²) >= 11 is 1.44. The quantitative estimate of drug-likeness (QED) is 0.438. The Morgan fingerprint density at radius 3 is 2.57 bits per heavy atom. The lowest BCUT2D eigenvalue weighted by Gasteiger charge is -2.13. The van der Waals surface area contributed by atoms with E-state index in [1.165, 1.54) is 35.6 Å². The number of hydrogen-bond donors (Lipinski definition) is 0. The average Bonchev–Trinajstić information content (AvgIpc) is 3.05. The number of nitrogens with zero attached hydrogens (tertiary/aromatic N) is 2. The van der Waals surface area contributed by atoms with Crippen LogP contribution in [0.2, 0.25) is 0 Å². The van der Waals surface area contributed by atoms with E-state index in [9.17, 15) is 13.6 Å². The Hall–Kier alpha value is -2.90. The highest BCUT2D eigenvalue weighted by atomic mass is 32.1. The molecule has 0 unspecified atom stereocenters. The minimum Gasteiger partial charge on any atom is -0.384 e. The molecule has 4 aromatic rings. The summed E-state index contributed by atoms with van der Waals surface area (Å²) in [6.07, 6.45) is 0.458. The van der Waals surface area contributed by atoms with E-state index in [1.807, 2.05) is 6.92 Å². The predicted octanol–water partition coefficient (Wildman–Crippen LogP) is 4.95. The molecule has 2 heterocycles. The smallest absolute Gasteiger partial charge is 0.263 e. The molecule has 0 atom stereocenters. The second-order valence-electron chi connectivity index (χ2n) is 7.01. The van der Waals surface area contributed by atoms with E-state index in [2.05, 4.69) is 0 Å². The van der Waals surface area contributed by atoms with Gasteiger partial charge >= 0.3 is 0 Å². The molecule has 4 rings (SSSR count). The number of halogens is 2. The van der Waals surface area contributed by atoms with Gasteiger partial charge in [0.15, 0.2) is 0 Å². The average molecular weight is 426 g/mol. The topological polar surface area (TPSA) is 44.1 Å². The van der Waals surface area contributed by atoms with E-state index in [0.29, 0.717) is 34.6 Å². The zero-order valence-electron chi connectivity index (χ0n) is 16.6. The van der Waals surface area contributed by atoms with E-state index >= 15 is 0 Å². The lowest BCUT2D eigenvalue weighted by molar-refractivity contribution is 0.199. The molecule has 0 aliphatic carbocycles. The molecule has 0 spiro atoms. The van der Waals surface area contributed by atoms with Crippen LogP contribution in [0.25, 0.3) is 21.3 Å². The number of fused-ring (bicyclic) bond motifs is 1. The largest absolute Gasteiger partial charge is 0.384 e. The third kappa shape index (κ3) is 3.91. The molecule has 0 saturated heterocycles. The number of aromatic nitrogens is 2. The summed E-state index contributed by atoms with van der Waals surface area (Å²) in [5.74, 6) is -0.101. The van der Waals surface area contributed by atoms with Crippen LogP contribution in [0.15, 0.2) is 53.3 Å². The number of thiophene rings is 1. The molecule has 0 fully saturated rings. The van der Waals surface area contributed by atoms with Gasteiger partial charge in [0.25, 0.3) is 5.56 Å². The third-order valence-electron chi connectivity index (χ3n) is 4.96. The molecule has 7 heteroatoms. The van der Waals surface area contributed by atoms with Gasteiger partial charge < -0.3 is 4.74 Å². The van der Waals surface area contributed by atoms with Crippen molar-refractivity contribution in [2.75, 3.05) is 13.7 Å². The van der Waals surface area contributed by atoms with Crippen LogP contribution < -0.4 is 5.56 Å². The molecule has 0 amide bonds. The van der Waals surface area contributed by atoms with Crippen LogP contribution in [0.3, 0.4) is 0 Å². The summed E-state index contributed by atoms with van der Waals surface area (Å²) in [6.45, 7) is 2.54. The molecule has 0 saturated carbocycles. The van der Waals surface area contributed by atoms with Crippen molar-refractivity contribution >= 4 is 21.6 Å². The molecule has 0 aliphatic heterocycles. The lowest BCUT2D eigenvalue weighted by Crippen LogP contribution is -2.26. The van der Waals surface area contributed by atoms with Crippen molar-refractivity contribution in [1.29, 1.82) is 0 Å². The first-order chi connectivity index (χ1) is 14.5. The maximum atomic E-state index is 13.7. The van der Waals surface area contributed by atoms with Crippen molar-refractivity contribution in [2.45, 2.75) is 19.9 Å². The highest BCUT2D eigenvalue weighted by Gasteiger charge is 2.20. The number of ether oxygens (including phenoxy) is 1. The Morgan fingerprint density at radius 1 is 1.10 bits per heavy atom. The number of methoxy groups -OCH3 is 1. The van der Waals surface area contributed by atoms with E-state index in [0.717, 1.165) is 16.0 Å². The number of rotatable bonds is 6. The van der Waals surface area contributed by atoms with E-state index in [4.69, 9.17) is 9.72 Å². The second-order valence-corrected chi connectivity index (χ2v) is 8.22. The predicted molar refractivity (Wildman–Crippen MR) is 115 cm³/mol. The van der Waals surface area contributed by atoms with Crippen LogP contribution in [0.5, 0.6) is 0 Å². The number of benzene rings is 2. The van der Waals surface area contributed by atoms with Gasteiger partial charge in [-0.3, -0.25) is 9.36 Å². The van der Waals surface area contributed by atoms with Crippen LogP contribution in [0, 0.1) is 18.6 Å². The molecular formula is C23H20F2N2O2S. The Kier molecular flexibility index (Phi) is 5.74. The van der Waals surface area contributed by atoms with Crippen LogP contribution in [0.1, 0.15) is 16.3 Å². The van der Waals surface area contributed by atoms with Crippen molar-refractivity contribution in [3.05, 3.63) is 86.8 Å². The summed E-state index contributed by atoms with van der Waals surface area (Å²) in [6, 6.07) is 12.3. The van der Waals surface area contributed by atoms with Crippen LogP contribution in [0.4, 0.5) is 8.78 Å². The standard InChI is InChI=1S/C23H20F2N2O2S/c1-14-20(16-6-8-17(24)9-7-16)21-22(30-14)26-19(10-11-29-2)27(23(21)28)13-15-4-3-5-18(25)12-15/h3-9,12H,10-11,13H2,1-2H3. The number of hydrogen-bond acceptors (Lipinski definition) is 4. The first-order valence-electron chi connectivity index (χ1n) is 9.50. The van der Waals surface area contributed by atoms with E-state index in [-0.39, 0.29) is 23.7 Å². The van der Waals surface area contributed by atoms with Crippen molar-refractivity contribution in [2.24, 2.45) is 0 Å². The molecule has 0 radical (unpaired) electrons. The van der Waals surface area contributed by atoms with Crippen molar-refractivity contribution < 1.29 is 13.5 Å². The van der Waals surface area contributed by atoms with Gasteiger partial charge in [-0.2, -0.15) is 0 Å². The molecule has 0 aliphatic rings. The van der Waals surface area contributed by atoms with Crippen LogP contribution in [-0.4, -0.2) is 23.3 Å². The van der Waals surface area contributed by atoms with E-state index in [1.54, 1.807) is 35.9 Å². The zero-order chi connectivity index (χ0) is 21.3.